The lowest BCUT2D eigenvalue weighted by molar-refractivity contribution is -0.121. The normalized spacial score (nSPS) is 17.9. The number of nitrogens with zero attached hydrogens (tertiary/aromatic N) is 2. The van der Waals surface area contributed by atoms with Gasteiger partial charge in [-0.25, -0.2) is 4.98 Å². The van der Waals surface area contributed by atoms with Crippen LogP contribution in [0.15, 0.2) is 5.38 Å². The van der Waals surface area contributed by atoms with Crippen LogP contribution in [0.2, 0.25) is 0 Å². The molecule has 0 aliphatic carbocycles. The molecule has 5 nitrogen and oxygen atoms in total. The summed E-state index contributed by atoms with van der Waals surface area (Å²) in [6, 6.07) is 0.176. The van der Waals surface area contributed by atoms with E-state index in [4.69, 9.17) is 4.74 Å². The summed E-state index contributed by atoms with van der Waals surface area (Å²) in [5, 5.41) is 6.13. The van der Waals surface area contributed by atoms with Crippen molar-refractivity contribution >= 4 is 17.2 Å². The van der Waals surface area contributed by atoms with Gasteiger partial charge in [-0.1, -0.05) is 13.8 Å². The number of nitrogens with one attached hydrogen (secondary N) is 1. The van der Waals surface area contributed by atoms with Crippen LogP contribution in [-0.4, -0.2) is 54.7 Å². The van der Waals surface area contributed by atoms with Crippen LogP contribution in [0, 0.1) is 12.8 Å². The lowest BCUT2D eigenvalue weighted by atomic mass is 10.0. The number of morpholine rings is 1. The molecule has 2 heterocycles. The maximum Gasteiger partial charge on any atom is 0.226 e. The number of aryl methyl sites for hydroxylation is 1. The first kappa shape index (κ1) is 16.4. The van der Waals surface area contributed by atoms with E-state index in [1.165, 1.54) is 0 Å². The molecule has 0 saturated carbocycles. The summed E-state index contributed by atoms with van der Waals surface area (Å²) in [5.74, 6) is 0.473. The number of carbonyl (C=O) groups excluding carboxylic acids is 1. The van der Waals surface area contributed by atoms with Gasteiger partial charge in [-0.05, 0) is 12.8 Å². The average molecular weight is 311 g/mol. The van der Waals surface area contributed by atoms with Crippen molar-refractivity contribution in [3.8, 4) is 0 Å². The maximum absolute atomic E-state index is 12.2. The molecule has 0 bridgehead atoms. The molecule has 6 heteroatoms. The Kier molecular flexibility index (Phi) is 6.14. The first-order valence-corrected chi connectivity index (χ1v) is 8.43. The van der Waals surface area contributed by atoms with Gasteiger partial charge in [0.1, 0.15) is 0 Å². The third-order valence-corrected chi connectivity index (χ3v) is 4.54. The number of carbonyl (C=O) groups is 1. The Morgan fingerprint density at radius 1 is 1.48 bits per heavy atom. The van der Waals surface area contributed by atoms with Crippen molar-refractivity contribution in [1.29, 1.82) is 0 Å². The number of hydrogen-bond donors (Lipinski definition) is 1. The van der Waals surface area contributed by atoms with Gasteiger partial charge in [0, 0.05) is 31.1 Å². The molecule has 0 aromatic carbocycles. The topological polar surface area (TPSA) is 54.5 Å². The van der Waals surface area contributed by atoms with Crippen LogP contribution in [0.3, 0.4) is 0 Å². The van der Waals surface area contributed by atoms with Gasteiger partial charge in [0.15, 0.2) is 0 Å². The highest BCUT2D eigenvalue weighted by Crippen LogP contribution is 2.10. The first-order chi connectivity index (χ1) is 10.0. The second-order valence-corrected chi connectivity index (χ2v) is 6.93. The van der Waals surface area contributed by atoms with E-state index in [2.05, 4.69) is 29.0 Å². The molecule has 0 radical (unpaired) electrons. The molecule has 1 aliphatic rings. The lowest BCUT2D eigenvalue weighted by Crippen LogP contribution is -2.49. The summed E-state index contributed by atoms with van der Waals surface area (Å²) in [4.78, 5) is 18.9. The van der Waals surface area contributed by atoms with Gasteiger partial charge in [0.05, 0.1) is 30.3 Å². The molecule has 1 aromatic heterocycles. The zero-order valence-electron chi connectivity index (χ0n) is 13.1. The fraction of sp³-hybridized carbons (Fsp3) is 0.733. The molecule has 1 saturated heterocycles. The molecule has 1 amide bonds. The molecule has 2 rings (SSSR count). The summed E-state index contributed by atoms with van der Waals surface area (Å²) in [6.45, 7) is 10.6. The van der Waals surface area contributed by atoms with Crippen molar-refractivity contribution in [3.05, 3.63) is 16.1 Å². The van der Waals surface area contributed by atoms with E-state index in [-0.39, 0.29) is 11.9 Å². The number of aromatic nitrogens is 1. The standard InChI is InChI=1S/C15H25N3O2S/c1-11(2)14(9-18-4-6-20-7-5-18)17-15(19)8-13-10-21-12(3)16-13/h10-11,14H,4-9H2,1-3H3,(H,17,19)/t14-/m1/s1. The van der Waals surface area contributed by atoms with Crippen LogP contribution in [0.25, 0.3) is 0 Å². The second kappa shape index (κ2) is 7.87. The molecular weight excluding hydrogens is 286 g/mol. The van der Waals surface area contributed by atoms with Crippen LogP contribution in [-0.2, 0) is 16.0 Å². The highest BCUT2D eigenvalue weighted by molar-refractivity contribution is 7.09. The van der Waals surface area contributed by atoms with Gasteiger partial charge < -0.3 is 10.1 Å². The van der Waals surface area contributed by atoms with Crippen molar-refractivity contribution in [1.82, 2.24) is 15.2 Å². The minimum absolute atomic E-state index is 0.0623. The zero-order chi connectivity index (χ0) is 15.2. The molecule has 1 aliphatic heterocycles. The van der Waals surface area contributed by atoms with Crippen molar-refractivity contribution in [3.63, 3.8) is 0 Å². The Labute approximate surface area is 130 Å². The van der Waals surface area contributed by atoms with Crippen LogP contribution in [0.4, 0.5) is 0 Å². The van der Waals surface area contributed by atoms with E-state index in [1.54, 1.807) is 11.3 Å². The monoisotopic (exact) mass is 311 g/mol. The highest BCUT2D eigenvalue weighted by Gasteiger charge is 2.21. The van der Waals surface area contributed by atoms with Gasteiger partial charge in [0.2, 0.25) is 5.91 Å². The van der Waals surface area contributed by atoms with Gasteiger partial charge in [-0.2, -0.15) is 0 Å². The van der Waals surface area contributed by atoms with Gasteiger partial charge in [-0.15, -0.1) is 11.3 Å². The summed E-state index contributed by atoms with van der Waals surface area (Å²) in [5.41, 5.74) is 0.865. The number of amides is 1. The van der Waals surface area contributed by atoms with Crippen molar-refractivity contribution in [2.24, 2.45) is 5.92 Å². The van der Waals surface area contributed by atoms with E-state index in [0.29, 0.717) is 12.3 Å². The van der Waals surface area contributed by atoms with Crippen LogP contribution in [0.1, 0.15) is 24.5 Å². The molecule has 118 valence electrons. The Morgan fingerprint density at radius 3 is 2.76 bits per heavy atom. The van der Waals surface area contributed by atoms with Gasteiger partial charge >= 0.3 is 0 Å². The number of hydrogen-bond acceptors (Lipinski definition) is 5. The van der Waals surface area contributed by atoms with Crippen molar-refractivity contribution in [2.45, 2.75) is 33.2 Å². The summed E-state index contributed by atoms with van der Waals surface area (Å²) in [7, 11) is 0. The van der Waals surface area contributed by atoms with E-state index in [0.717, 1.165) is 43.5 Å². The number of rotatable bonds is 6. The van der Waals surface area contributed by atoms with Crippen LogP contribution in [0.5, 0.6) is 0 Å². The largest absolute Gasteiger partial charge is 0.379 e. The lowest BCUT2D eigenvalue weighted by Gasteiger charge is -2.32. The van der Waals surface area contributed by atoms with Crippen molar-refractivity contribution < 1.29 is 9.53 Å². The summed E-state index contributed by atoms with van der Waals surface area (Å²) < 4.78 is 5.37. The Morgan fingerprint density at radius 2 is 2.19 bits per heavy atom. The molecule has 0 unspecified atom stereocenters. The maximum atomic E-state index is 12.2. The van der Waals surface area contributed by atoms with Gasteiger partial charge in [0.25, 0.3) is 0 Å². The average Bonchev–Trinajstić information content (AvgIpc) is 2.84. The molecular formula is C15H25N3O2S. The third kappa shape index (κ3) is 5.37. The van der Waals surface area contributed by atoms with E-state index in [1.807, 2.05) is 12.3 Å². The Hall–Kier alpha value is -0.980. The molecule has 21 heavy (non-hydrogen) atoms. The van der Waals surface area contributed by atoms with Gasteiger partial charge in [-0.3, -0.25) is 9.69 Å². The molecule has 0 spiro atoms. The Balaban J connectivity index is 1.84. The third-order valence-electron chi connectivity index (χ3n) is 3.72. The van der Waals surface area contributed by atoms with E-state index < -0.39 is 0 Å². The van der Waals surface area contributed by atoms with E-state index >= 15 is 0 Å². The van der Waals surface area contributed by atoms with Crippen molar-refractivity contribution in [2.75, 3.05) is 32.8 Å². The quantitative estimate of drug-likeness (QED) is 0.864. The SMILES string of the molecule is Cc1nc(CC(=O)N[C@H](CN2CCOCC2)C(C)C)cs1. The number of ether oxygens (including phenoxy) is 1. The smallest absolute Gasteiger partial charge is 0.226 e. The fourth-order valence-corrected chi connectivity index (χ4v) is 3.01. The summed E-state index contributed by atoms with van der Waals surface area (Å²) >= 11 is 1.59. The Bertz CT molecular complexity index is 456. The van der Waals surface area contributed by atoms with Crippen LogP contribution < -0.4 is 5.32 Å². The molecule has 1 fully saturated rings. The summed E-state index contributed by atoms with van der Waals surface area (Å²) in [6.07, 6.45) is 0.372. The minimum Gasteiger partial charge on any atom is -0.379 e. The van der Waals surface area contributed by atoms with E-state index in [9.17, 15) is 4.79 Å². The van der Waals surface area contributed by atoms with Crippen LogP contribution >= 0.6 is 11.3 Å². The molecule has 1 N–H and O–H groups in total. The zero-order valence-corrected chi connectivity index (χ0v) is 13.9. The highest BCUT2D eigenvalue weighted by atomic mass is 32.1. The fourth-order valence-electron chi connectivity index (χ4n) is 2.40. The molecule has 1 aromatic rings. The number of thiazole rings is 1. The predicted octanol–water partition coefficient (Wildman–Crippen LogP) is 1.47. The minimum atomic E-state index is 0.0623. The second-order valence-electron chi connectivity index (χ2n) is 5.87. The molecule has 1 atom stereocenters. The first-order valence-electron chi connectivity index (χ1n) is 7.55. The predicted molar refractivity (Wildman–Crippen MR) is 84.6 cm³/mol.